The Morgan fingerprint density at radius 2 is 2.16 bits per heavy atom. The molecule has 1 aliphatic carbocycles. The summed E-state index contributed by atoms with van der Waals surface area (Å²) < 4.78 is 3.86. The highest BCUT2D eigenvalue weighted by Gasteiger charge is 2.27. The van der Waals surface area contributed by atoms with Crippen LogP contribution in [0.25, 0.3) is 0 Å². The number of aromatic nitrogens is 2. The molecule has 5 nitrogen and oxygen atoms in total. The largest absolute Gasteiger partial charge is 0.337 e. The lowest BCUT2D eigenvalue weighted by molar-refractivity contribution is 0.0765. The van der Waals surface area contributed by atoms with Gasteiger partial charge in [-0.1, -0.05) is 4.49 Å². The van der Waals surface area contributed by atoms with Gasteiger partial charge < -0.3 is 9.80 Å². The molecule has 3 rings (SSSR count). The summed E-state index contributed by atoms with van der Waals surface area (Å²) in [6.07, 6.45) is 3.86. The Morgan fingerprint density at radius 1 is 1.32 bits per heavy atom. The van der Waals surface area contributed by atoms with E-state index in [2.05, 4.69) is 14.5 Å². The summed E-state index contributed by atoms with van der Waals surface area (Å²) in [5.41, 5.74) is 0.758. The van der Waals surface area contributed by atoms with Gasteiger partial charge in [0.15, 0.2) is 0 Å². The van der Waals surface area contributed by atoms with Crippen molar-refractivity contribution in [2.45, 2.75) is 26.2 Å². The van der Waals surface area contributed by atoms with Crippen LogP contribution in [0.4, 0.5) is 0 Å². The third kappa shape index (κ3) is 3.12. The van der Waals surface area contributed by atoms with Crippen molar-refractivity contribution in [3.63, 3.8) is 0 Å². The van der Waals surface area contributed by atoms with Crippen molar-refractivity contribution in [1.29, 1.82) is 0 Å². The zero-order valence-corrected chi connectivity index (χ0v) is 12.2. The number of rotatable bonds is 3. The molecule has 0 N–H and O–H groups in total. The van der Waals surface area contributed by atoms with E-state index < -0.39 is 0 Å². The van der Waals surface area contributed by atoms with Crippen molar-refractivity contribution < 1.29 is 4.79 Å². The van der Waals surface area contributed by atoms with Crippen molar-refractivity contribution in [3.05, 3.63) is 10.6 Å². The fourth-order valence-corrected chi connectivity index (χ4v) is 3.22. The minimum absolute atomic E-state index is 0.112. The van der Waals surface area contributed by atoms with Crippen LogP contribution in [0.1, 0.15) is 34.6 Å². The summed E-state index contributed by atoms with van der Waals surface area (Å²) in [5, 5.41) is 3.93. The average Bonchev–Trinajstić information content (AvgIpc) is 3.16. The third-order valence-electron chi connectivity index (χ3n) is 3.93. The number of amides is 1. The Bertz CT molecular complexity index is 457. The Balaban J connectivity index is 1.59. The van der Waals surface area contributed by atoms with Gasteiger partial charge in [0.05, 0.1) is 5.69 Å². The van der Waals surface area contributed by atoms with E-state index in [0.29, 0.717) is 4.88 Å². The van der Waals surface area contributed by atoms with E-state index in [4.69, 9.17) is 0 Å². The van der Waals surface area contributed by atoms with Gasteiger partial charge in [0.2, 0.25) is 0 Å². The summed E-state index contributed by atoms with van der Waals surface area (Å²) in [5.74, 6) is 1.04. The highest BCUT2D eigenvalue weighted by Crippen LogP contribution is 2.30. The predicted molar refractivity (Wildman–Crippen MR) is 74.3 cm³/mol. The fourth-order valence-electron chi connectivity index (χ4n) is 2.59. The van der Waals surface area contributed by atoms with Gasteiger partial charge in [-0.2, -0.15) is 0 Å². The molecular weight excluding hydrogens is 260 g/mol. The lowest BCUT2D eigenvalue weighted by atomic mass is 10.3. The summed E-state index contributed by atoms with van der Waals surface area (Å²) in [6, 6.07) is 0. The first-order chi connectivity index (χ1) is 9.24. The zero-order chi connectivity index (χ0) is 13.2. The molecule has 1 aromatic heterocycles. The van der Waals surface area contributed by atoms with Crippen LogP contribution in [-0.4, -0.2) is 58.0 Å². The fraction of sp³-hybridized carbons (Fsp3) is 0.769. The predicted octanol–water partition coefficient (Wildman–Crippen LogP) is 1.40. The molecule has 0 spiro atoms. The van der Waals surface area contributed by atoms with Crippen LogP contribution in [-0.2, 0) is 0 Å². The second-order valence-electron chi connectivity index (χ2n) is 5.58. The topological polar surface area (TPSA) is 49.3 Å². The second kappa shape index (κ2) is 5.54. The molecule has 2 fully saturated rings. The van der Waals surface area contributed by atoms with Gasteiger partial charge >= 0.3 is 0 Å². The monoisotopic (exact) mass is 280 g/mol. The zero-order valence-electron chi connectivity index (χ0n) is 11.3. The Morgan fingerprint density at radius 3 is 2.84 bits per heavy atom. The van der Waals surface area contributed by atoms with Gasteiger partial charge in [-0.25, -0.2) is 0 Å². The quantitative estimate of drug-likeness (QED) is 0.840. The standard InChI is InChI=1S/C13H20N4OS/c1-10-12(19-15-14-10)13(18)17-6-2-5-16(7-8-17)9-11-3-4-11/h11H,2-9H2,1H3. The van der Waals surface area contributed by atoms with E-state index in [-0.39, 0.29) is 5.91 Å². The SMILES string of the molecule is Cc1nnsc1C(=O)N1CCCN(CC2CC2)CC1. The van der Waals surface area contributed by atoms with Crippen molar-refractivity contribution >= 4 is 17.4 Å². The summed E-state index contributed by atoms with van der Waals surface area (Å²) >= 11 is 1.21. The van der Waals surface area contributed by atoms with Gasteiger partial charge in [0, 0.05) is 26.2 Å². The molecule has 0 bridgehead atoms. The molecule has 1 aliphatic heterocycles. The number of aryl methyl sites for hydroxylation is 1. The van der Waals surface area contributed by atoms with Crippen LogP contribution < -0.4 is 0 Å². The van der Waals surface area contributed by atoms with E-state index in [0.717, 1.165) is 44.2 Å². The minimum Gasteiger partial charge on any atom is -0.337 e. The van der Waals surface area contributed by atoms with Crippen LogP contribution in [0.5, 0.6) is 0 Å². The molecule has 0 radical (unpaired) electrons. The molecule has 104 valence electrons. The normalized spacial score (nSPS) is 21.4. The molecule has 1 aromatic rings. The van der Waals surface area contributed by atoms with E-state index in [1.54, 1.807) is 0 Å². The number of carbonyl (C=O) groups is 1. The average molecular weight is 280 g/mol. The van der Waals surface area contributed by atoms with Gasteiger partial charge in [-0.3, -0.25) is 4.79 Å². The van der Waals surface area contributed by atoms with E-state index >= 15 is 0 Å². The molecule has 6 heteroatoms. The maximum atomic E-state index is 12.4. The molecule has 1 saturated carbocycles. The number of carbonyl (C=O) groups excluding carboxylic acids is 1. The first-order valence-corrected chi connectivity index (χ1v) is 7.82. The molecule has 0 aromatic carbocycles. The second-order valence-corrected chi connectivity index (χ2v) is 6.33. The molecule has 1 saturated heterocycles. The smallest absolute Gasteiger partial charge is 0.267 e. The van der Waals surface area contributed by atoms with E-state index in [1.807, 2.05) is 11.8 Å². The highest BCUT2D eigenvalue weighted by molar-refractivity contribution is 7.07. The molecule has 0 atom stereocenters. The molecule has 0 unspecified atom stereocenters. The van der Waals surface area contributed by atoms with Crippen molar-refractivity contribution in [1.82, 2.24) is 19.4 Å². The third-order valence-corrected chi connectivity index (χ3v) is 4.75. The number of hydrogen-bond acceptors (Lipinski definition) is 5. The molecule has 2 heterocycles. The first-order valence-electron chi connectivity index (χ1n) is 7.04. The van der Waals surface area contributed by atoms with E-state index in [9.17, 15) is 4.79 Å². The molecule has 19 heavy (non-hydrogen) atoms. The van der Waals surface area contributed by atoms with Crippen LogP contribution >= 0.6 is 11.5 Å². The number of nitrogens with zero attached hydrogens (tertiary/aromatic N) is 4. The minimum atomic E-state index is 0.112. The van der Waals surface area contributed by atoms with Crippen LogP contribution in [0.3, 0.4) is 0 Å². The maximum absolute atomic E-state index is 12.4. The van der Waals surface area contributed by atoms with Crippen LogP contribution in [0, 0.1) is 12.8 Å². The van der Waals surface area contributed by atoms with Crippen LogP contribution in [0.15, 0.2) is 0 Å². The Labute approximate surface area is 117 Å². The Hall–Kier alpha value is -1.01. The van der Waals surface area contributed by atoms with E-state index in [1.165, 1.54) is 30.9 Å². The number of hydrogen-bond donors (Lipinski definition) is 0. The molecule has 1 amide bonds. The van der Waals surface area contributed by atoms with Gasteiger partial charge in [-0.15, -0.1) is 5.10 Å². The van der Waals surface area contributed by atoms with Gasteiger partial charge in [-0.05, 0) is 50.2 Å². The summed E-state index contributed by atoms with van der Waals surface area (Å²) in [4.78, 5) is 17.6. The first kappa shape index (κ1) is 13.0. The van der Waals surface area contributed by atoms with Crippen molar-refractivity contribution in [2.24, 2.45) is 5.92 Å². The lowest BCUT2D eigenvalue weighted by Gasteiger charge is -2.21. The highest BCUT2D eigenvalue weighted by atomic mass is 32.1. The lowest BCUT2D eigenvalue weighted by Crippen LogP contribution is -2.35. The summed E-state index contributed by atoms with van der Waals surface area (Å²) in [7, 11) is 0. The maximum Gasteiger partial charge on any atom is 0.267 e. The van der Waals surface area contributed by atoms with Crippen molar-refractivity contribution in [3.8, 4) is 0 Å². The summed E-state index contributed by atoms with van der Waals surface area (Å²) in [6.45, 7) is 6.91. The molecule has 2 aliphatic rings. The van der Waals surface area contributed by atoms with Crippen molar-refractivity contribution in [2.75, 3.05) is 32.7 Å². The van der Waals surface area contributed by atoms with Gasteiger partial charge in [0.1, 0.15) is 4.88 Å². The van der Waals surface area contributed by atoms with Gasteiger partial charge in [0.25, 0.3) is 5.91 Å². The molecular formula is C13H20N4OS. The Kier molecular flexibility index (Phi) is 3.79. The van der Waals surface area contributed by atoms with Crippen LogP contribution in [0.2, 0.25) is 0 Å².